The van der Waals surface area contributed by atoms with E-state index in [-0.39, 0.29) is 18.1 Å². The maximum absolute atomic E-state index is 10.2. The van der Waals surface area contributed by atoms with Crippen molar-refractivity contribution >= 4 is 11.4 Å². The summed E-state index contributed by atoms with van der Waals surface area (Å²) in [5.74, 6) is 0.926. The molecule has 114 valence electrons. The van der Waals surface area contributed by atoms with Gasteiger partial charge in [0.1, 0.15) is 11.5 Å². The minimum absolute atomic E-state index is 0.193. The smallest absolute Gasteiger partial charge is 0.156 e. The van der Waals surface area contributed by atoms with E-state index in [4.69, 9.17) is 9.47 Å². The SMILES string of the molecule is COC1=C2C[C@H](C(C)(C)O)OC2N(C)c2c(O)cccc21. The zero-order chi connectivity index (χ0) is 15.4. The predicted molar refractivity (Wildman–Crippen MR) is 80.0 cm³/mol. The van der Waals surface area contributed by atoms with Crippen molar-refractivity contribution in [3.05, 3.63) is 29.3 Å². The van der Waals surface area contributed by atoms with Crippen molar-refractivity contribution in [2.45, 2.75) is 38.2 Å². The number of para-hydroxylation sites is 1. The summed E-state index contributed by atoms with van der Waals surface area (Å²) in [5.41, 5.74) is 1.62. The van der Waals surface area contributed by atoms with E-state index in [2.05, 4.69) is 0 Å². The van der Waals surface area contributed by atoms with E-state index in [0.717, 1.165) is 16.9 Å². The average molecular weight is 291 g/mol. The Balaban J connectivity index is 2.12. The highest BCUT2D eigenvalue weighted by Crippen LogP contribution is 2.48. The number of fused-ring (bicyclic) bond motifs is 2. The van der Waals surface area contributed by atoms with Gasteiger partial charge in [-0.2, -0.15) is 0 Å². The lowest BCUT2D eigenvalue weighted by molar-refractivity contribution is -0.0807. The van der Waals surface area contributed by atoms with E-state index in [0.29, 0.717) is 12.1 Å². The molecule has 0 bridgehead atoms. The molecule has 2 N–H and O–H groups in total. The van der Waals surface area contributed by atoms with Crippen molar-refractivity contribution < 1.29 is 19.7 Å². The van der Waals surface area contributed by atoms with Gasteiger partial charge in [0.15, 0.2) is 6.23 Å². The highest BCUT2D eigenvalue weighted by atomic mass is 16.5. The third kappa shape index (κ3) is 2.08. The molecule has 21 heavy (non-hydrogen) atoms. The Morgan fingerprint density at radius 3 is 2.71 bits per heavy atom. The number of rotatable bonds is 2. The molecular weight excluding hydrogens is 270 g/mol. The summed E-state index contributed by atoms with van der Waals surface area (Å²) >= 11 is 0. The zero-order valence-corrected chi connectivity index (χ0v) is 12.8. The van der Waals surface area contributed by atoms with Gasteiger partial charge in [-0.3, -0.25) is 0 Å². The van der Waals surface area contributed by atoms with Gasteiger partial charge in [-0.05, 0) is 26.0 Å². The number of aromatic hydroxyl groups is 1. The van der Waals surface area contributed by atoms with Crippen LogP contribution in [0.4, 0.5) is 5.69 Å². The molecule has 2 atom stereocenters. The number of benzene rings is 1. The van der Waals surface area contributed by atoms with Crippen LogP contribution in [0.2, 0.25) is 0 Å². The third-order valence-electron chi connectivity index (χ3n) is 4.24. The highest BCUT2D eigenvalue weighted by Gasteiger charge is 2.45. The van der Waals surface area contributed by atoms with E-state index < -0.39 is 5.60 Å². The lowest BCUT2D eigenvalue weighted by Gasteiger charge is -2.35. The van der Waals surface area contributed by atoms with Gasteiger partial charge in [0.25, 0.3) is 0 Å². The number of methoxy groups -OCH3 is 1. The summed E-state index contributed by atoms with van der Waals surface area (Å²) in [7, 11) is 3.50. The van der Waals surface area contributed by atoms with Crippen molar-refractivity contribution in [3.8, 4) is 5.75 Å². The number of nitrogens with zero attached hydrogens (tertiary/aromatic N) is 1. The molecule has 1 saturated heterocycles. The molecule has 1 unspecified atom stereocenters. The van der Waals surface area contributed by atoms with Crippen molar-refractivity contribution in [2.75, 3.05) is 19.1 Å². The molecule has 2 aliphatic heterocycles. The maximum atomic E-state index is 10.2. The van der Waals surface area contributed by atoms with Gasteiger partial charge in [-0.1, -0.05) is 6.07 Å². The summed E-state index contributed by atoms with van der Waals surface area (Å²) < 4.78 is 11.6. The van der Waals surface area contributed by atoms with Gasteiger partial charge < -0.3 is 24.6 Å². The molecular formula is C16H21NO4. The van der Waals surface area contributed by atoms with Crippen molar-refractivity contribution in [3.63, 3.8) is 0 Å². The number of hydrogen-bond donors (Lipinski definition) is 2. The monoisotopic (exact) mass is 291 g/mol. The number of phenolic OH excluding ortho intramolecular Hbond substituents is 1. The molecule has 0 spiro atoms. The molecule has 3 rings (SSSR count). The van der Waals surface area contributed by atoms with Crippen LogP contribution in [-0.2, 0) is 9.47 Å². The van der Waals surface area contributed by atoms with Gasteiger partial charge in [-0.15, -0.1) is 0 Å². The molecule has 1 aromatic carbocycles. The number of ether oxygens (including phenoxy) is 2. The van der Waals surface area contributed by atoms with Crippen LogP contribution in [0, 0.1) is 0 Å². The molecule has 5 heteroatoms. The number of hydrogen-bond acceptors (Lipinski definition) is 5. The first-order valence-corrected chi connectivity index (χ1v) is 7.04. The van der Waals surface area contributed by atoms with Crippen LogP contribution in [0.3, 0.4) is 0 Å². The fourth-order valence-corrected chi connectivity index (χ4v) is 3.15. The Hall–Kier alpha value is -1.72. The quantitative estimate of drug-likeness (QED) is 0.873. The van der Waals surface area contributed by atoms with E-state index in [1.54, 1.807) is 33.1 Å². The molecule has 0 amide bonds. The molecule has 0 radical (unpaired) electrons. The van der Waals surface area contributed by atoms with Crippen LogP contribution in [0.15, 0.2) is 23.8 Å². The fourth-order valence-electron chi connectivity index (χ4n) is 3.15. The van der Waals surface area contributed by atoms with Crippen LogP contribution in [0.5, 0.6) is 5.75 Å². The molecule has 1 fully saturated rings. The van der Waals surface area contributed by atoms with Gasteiger partial charge >= 0.3 is 0 Å². The normalized spacial score (nSPS) is 24.9. The fraction of sp³-hybridized carbons (Fsp3) is 0.500. The summed E-state index contributed by atoms with van der Waals surface area (Å²) in [6.45, 7) is 3.49. The van der Waals surface area contributed by atoms with Crippen LogP contribution in [0.25, 0.3) is 5.76 Å². The van der Waals surface area contributed by atoms with Gasteiger partial charge in [0.2, 0.25) is 0 Å². The largest absolute Gasteiger partial charge is 0.506 e. The Bertz CT molecular complexity index is 603. The minimum Gasteiger partial charge on any atom is -0.506 e. The van der Waals surface area contributed by atoms with Crippen LogP contribution in [-0.4, -0.2) is 42.3 Å². The second-order valence-electron chi connectivity index (χ2n) is 6.18. The maximum Gasteiger partial charge on any atom is 0.156 e. The third-order valence-corrected chi connectivity index (χ3v) is 4.24. The first kappa shape index (κ1) is 14.2. The second kappa shape index (κ2) is 4.64. The lowest BCUT2D eigenvalue weighted by atomic mass is 9.93. The number of aliphatic hydroxyl groups is 1. The molecule has 1 aromatic rings. The number of phenols is 1. The average Bonchev–Trinajstić information content (AvgIpc) is 2.84. The lowest BCUT2D eigenvalue weighted by Crippen LogP contribution is -2.40. The van der Waals surface area contributed by atoms with Crippen molar-refractivity contribution in [1.29, 1.82) is 0 Å². The second-order valence-corrected chi connectivity index (χ2v) is 6.18. The van der Waals surface area contributed by atoms with Crippen LogP contribution in [0.1, 0.15) is 25.8 Å². The van der Waals surface area contributed by atoms with Crippen LogP contribution >= 0.6 is 0 Å². The molecule has 2 aliphatic rings. The van der Waals surface area contributed by atoms with Crippen molar-refractivity contribution in [1.82, 2.24) is 0 Å². The van der Waals surface area contributed by atoms with Crippen LogP contribution < -0.4 is 4.90 Å². The summed E-state index contributed by atoms with van der Waals surface area (Å²) in [6, 6.07) is 5.37. The van der Waals surface area contributed by atoms with E-state index in [1.165, 1.54) is 0 Å². The number of anilines is 1. The predicted octanol–water partition coefficient (Wildman–Crippen LogP) is 2.09. The summed E-state index contributed by atoms with van der Waals surface area (Å²) in [4.78, 5) is 1.90. The summed E-state index contributed by atoms with van der Waals surface area (Å²) in [6.07, 6.45) is -0.0183. The van der Waals surface area contributed by atoms with E-state index in [1.807, 2.05) is 18.0 Å². The molecule has 2 heterocycles. The Labute approximate surface area is 124 Å². The first-order valence-electron chi connectivity index (χ1n) is 7.04. The zero-order valence-electron chi connectivity index (χ0n) is 12.8. The van der Waals surface area contributed by atoms with Gasteiger partial charge in [-0.25, -0.2) is 0 Å². The van der Waals surface area contributed by atoms with Crippen molar-refractivity contribution in [2.24, 2.45) is 0 Å². The molecule has 0 aromatic heterocycles. The number of likely N-dealkylation sites (N-methyl/N-ethyl adjacent to an activating group) is 1. The van der Waals surface area contributed by atoms with E-state index in [9.17, 15) is 10.2 Å². The standard InChI is InChI=1S/C16H21NO4/c1-16(2,19)12-8-10-14(20-4)9-6-5-7-11(18)13(9)17(3)15(10)21-12/h5-7,12,15,18-19H,8H2,1-4H3/t12-,15?/m1/s1. The Morgan fingerprint density at radius 2 is 2.10 bits per heavy atom. The molecule has 0 saturated carbocycles. The molecule has 5 nitrogen and oxygen atoms in total. The Kier molecular flexibility index (Phi) is 3.15. The topological polar surface area (TPSA) is 62.2 Å². The van der Waals surface area contributed by atoms with E-state index >= 15 is 0 Å². The van der Waals surface area contributed by atoms with Gasteiger partial charge in [0, 0.05) is 24.6 Å². The van der Waals surface area contributed by atoms with Gasteiger partial charge in [0.05, 0.1) is 24.5 Å². The first-order chi connectivity index (χ1) is 9.84. The highest BCUT2D eigenvalue weighted by molar-refractivity contribution is 5.83. The Morgan fingerprint density at radius 1 is 1.38 bits per heavy atom. The molecule has 0 aliphatic carbocycles. The minimum atomic E-state index is -0.932. The summed E-state index contributed by atoms with van der Waals surface area (Å²) in [5, 5.41) is 20.4.